The summed E-state index contributed by atoms with van der Waals surface area (Å²) in [4.78, 5) is 60.5. The minimum absolute atomic E-state index is 0.340. The molecular weight excluding hydrogens is 330 g/mol. The number of nitrogens with zero attached hydrogens (tertiary/aromatic N) is 1. The maximum atomic E-state index is 12.4. The highest BCUT2D eigenvalue weighted by atomic mass is 16.5. The molecule has 1 aliphatic heterocycles. The van der Waals surface area contributed by atoms with E-state index in [0.29, 0.717) is 19.4 Å². The summed E-state index contributed by atoms with van der Waals surface area (Å²) in [5, 5.41) is 4.34. The minimum Gasteiger partial charge on any atom is -0.454 e. The molecule has 9 nitrogen and oxygen atoms in total. The standard InChI is InChI=1S/C16H21N3O6/c1-3-17-16(24)18-12(20)8-25-15(23)9(2)19-13(21)10-6-4-5-7-11(10)14(19)22/h4-5,9-11H,3,6-8H2,1-2H3,(H2,17,18,20,24)/t9-,10-,11-/m0/s1. The van der Waals surface area contributed by atoms with Gasteiger partial charge < -0.3 is 10.1 Å². The maximum Gasteiger partial charge on any atom is 0.329 e. The van der Waals surface area contributed by atoms with Gasteiger partial charge in [-0.3, -0.25) is 24.6 Å². The van der Waals surface area contributed by atoms with Crippen molar-refractivity contribution >= 4 is 29.7 Å². The number of imide groups is 2. The number of urea groups is 1. The van der Waals surface area contributed by atoms with Crippen LogP contribution in [0.3, 0.4) is 0 Å². The van der Waals surface area contributed by atoms with Crippen molar-refractivity contribution in [3.05, 3.63) is 12.2 Å². The smallest absolute Gasteiger partial charge is 0.329 e. The van der Waals surface area contributed by atoms with E-state index in [2.05, 4.69) is 5.32 Å². The van der Waals surface area contributed by atoms with Crippen LogP contribution in [0.1, 0.15) is 26.7 Å². The van der Waals surface area contributed by atoms with Crippen molar-refractivity contribution in [2.45, 2.75) is 32.7 Å². The van der Waals surface area contributed by atoms with Crippen LogP contribution >= 0.6 is 0 Å². The Balaban J connectivity index is 1.90. The fraction of sp³-hybridized carbons (Fsp3) is 0.562. The first-order chi connectivity index (χ1) is 11.9. The molecule has 0 aromatic carbocycles. The zero-order valence-corrected chi connectivity index (χ0v) is 14.1. The van der Waals surface area contributed by atoms with Gasteiger partial charge in [-0.2, -0.15) is 0 Å². The van der Waals surface area contributed by atoms with Crippen molar-refractivity contribution in [1.82, 2.24) is 15.5 Å². The quantitative estimate of drug-likeness (QED) is 0.399. The van der Waals surface area contributed by atoms with Gasteiger partial charge in [-0.25, -0.2) is 9.59 Å². The van der Waals surface area contributed by atoms with Crippen LogP contribution in [0.5, 0.6) is 0 Å². The fourth-order valence-electron chi connectivity index (χ4n) is 2.94. The monoisotopic (exact) mass is 351 g/mol. The van der Waals surface area contributed by atoms with Gasteiger partial charge >= 0.3 is 12.0 Å². The van der Waals surface area contributed by atoms with E-state index >= 15 is 0 Å². The normalized spacial score (nSPS) is 23.0. The van der Waals surface area contributed by atoms with Gasteiger partial charge in [0, 0.05) is 6.54 Å². The summed E-state index contributed by atoms with van der Waals surface area (Å²) in [6, 6.07) is -1.82. The second-order valence-electron chi connectivity index (χ2n) is 5.89. The van der Waals surface area contributed by atoms with Crippen LogP contribution in [0, 0.1) is 11.8 Å². The first kappa shape index (κ1) is 18.6. The van der Waals surface area contributed by atoms with Crippen LogP contribution in [0.4, 0.5) is 4.79 Å². The zero-order chi connectivity index (χ0) is 18.6. The first-order valence-electron chi connectivity index (χ1n) is 8.13. The van der Waals surface area contributed by atoms with Crippen molar-refractivity contribution < 1.29 is 28.7 Å². The summed E-state index contributed by atoms with van der Waals surface area (Å²) in [5.41, 5.74) is 0. The van der Waals surface area contributed by atoms with E-state index in [9.17, 15) is 24.0 Å². The molecule has 2 rings (SSSR count). The van der Waals surface area contributed by atoms with Gasteiger partial charge in [0.2, 0.25) is 11.8 Å². The SMILES string of the molecule is CCNC(=O)NC(=O)COC(=O)[C@H](C)N1C(=O)[C@H]2CC=CC[C@@H]2C1=O. The Morgan fingerprint density at radius 3 is 2.28 bits per heavy atom. The Bertz CT molecular complexity index is 603. The summed E-state index contributed by atoms with van der Waals surface area (Å²) in [7, 11) is 0. The molecule has 1 saturated heterocycles. The molecule has 0 saturated carbocycles. The summed E-state index contributed by atoms with van der Waals surface area (Å²) in [6.07, 6.45) is 4.65. The van der Waals surface area contributed by atoms with Gasteiger partial charge in [0.15, 0.2) is 6.61 Å². The molecule has 1 aliphatic carbocycles. The average Bonchev–Trinajstić information content (AvgIpc) is 2.84. The Morgan fingerprint density at radius 2 is 1.76 bits per heavy atom. The average molecular weight is 351 g/mol. The zero-order valence-electron chi connectivity index (χ0n) is 14.1. The highest BCUT2D eigenvalue weighted by molar-refractivity contribution is 6.08. The summed E-state index contributed by atoms with van der Waals surface area (Å²) in [5.74, 6) is -3.34. The number of hydrogen-bond donors (Lipinski definition) is 2. The molecule has 2 aliphatic rings. The van der Waals surface area contributed by atoms with Crippen molar-refractivity contribution in [3.63, 3.8) is 0 Å². The molecule has 136 valence electrons. The Morgan fingerprint density at radius 1 is 1.20 bits per heavy atom. The minimum atomic E-state index is -1.12. The molecule has 0 spiro atoms. The van der Waals surface area contributed by atoms with E-state index in [1.807, 2.05) is 17.5 Å². The van der Waals surface area contributed by atoms with Crippen LogP contribution in [-0.4, -0.2) is 53.8 Å². The van der Waals surface area contributed by atoms with Crippen LogP contribution < -0.4 is 10.6 Å². The predicted octanol–water partition coefficient (Wildman–Crippen LogP) is -0.285. The van der Waals surface area contributed by atoms with Crippen LogP contribution in [0.2, 0.25) is 0 Å². The third kappa shape index (κ3) is 4.04. The molecular formula is C16H21N3O6. The Hall–Kier alpha value is -2.71. The lowest BCUT2D eigenvalue weighted by molar-refractivity contribution is -0.159. The molecule has 25 heavy (non-hydrogen) atoms. The third-order valence-corrected chi connectivity index (χ3v) is 4.21. The van der Waals surface area contributed by atoms with E-state index in [1.165, 1.54) is 6.92 Å². The predicted molar refractivity (Wildman–Crippen MR) is 84.8 cm³/mol. The molecule has 9 heteroatoms. The van der Waals surface area contributed by atoms with Gasteiger partial charge in [0.05, 0.1) is 11.8 Å². The van der Waals surface area contributed by atoms with Gasteiger partial charge in [0.1, 0.15) is 6.04 Å². The fourth-order valence-corrected chi connectivity index (χ4v) is 2.94. The number of hydrogen-bond acceptors (Lipinski definition) is 6. The van der Waals surface area contributed by atoms with Gasteiger partial charge in [-0.15, -0.1) is 0 Å². The first-order valence-corrected chi connectivity index (χ1v) is 8.13. The number of nitrogens with one attached hydrogen (secondary N) is 2. The van der Waals surface area contributed by atoms with Gasteiger partial charge in [0.25, 0.3) is 5.91 Å². The number of rotatable bonds is 5. The molecule has 3 atom stereocenters. The maximum absolute atomic E-state index is 12.4. The number of esters is 1. The van der Waals surface area contributed by atoms with Crippen molar-refractivity contribution in [2.75, 3.05) is 13.2 Å². The lowest BCUT2D eigenvalue weighted by Gasteiger charge is -2.21. The van der Waals surface area contributed by atoms with Gasteiger partial charge in [-0.1, -0.05) is 12.2 Å². The molecule has 0 unspecified atom stereocenters. The van der Waals surface area contributed by atoms with E-state index in [4.69, 9.17) is 4.74 Å². The lowest BCUT2D eigenvalue weighted by Crippen LogP contribution is -2.46. The number of allylic oxidation sites excluding steroid dienone is 2. The summed E-state index contributed by atoms with van der Waals surface area (Å²) < 4.78 is 4.81. The van der Waals surface area contributed by atoms with Gasteiger partial charge in [-0.05, 0) is 26.7 Å². The number of amides is 5. The van der Waals surface area contributed by atoms with Crippen LogP contribution in [-0.2, 0) is 23.9 Å². The summed E-state index contributed by atoms with van der Waals surface area (Å²) in [6.45, 7) is 2.73. The van der Waals surface area contributed by atoms with E-state index < -0.39 is 54.2 Å². The van der Waals surface area contributed by atoms with Crippen molar-refractivity contribution in [1.29, 1.82) is 0 Å². The second-order valence-corrected chi connectivity index (χ2v) is 5.89. The number of carbonyl (C=O) groups is 5. The molecule has 0 radical (unpaired) electrons. The van der Waals surface area contributed by atoms with E-state index in [1.54, 1.807) is 6.92 Å². The highest BCUT2D eigenvalue weighted by Gasteiger charge is 2.50. The number of fused-ring (bicyclic) bond motifs is 1. The Kier molecular flexibility index (Phi) is 5.89. The van der Waals surface area contributed by atoms with E-state index in [0.717, 1.165) is 4.90 Å². The molecule has 1 fully saturated rings. The molecule has 0 bridgehead atoms. The Labute approximate surface area is 144 Å². The summed E-state index contributed by atoms with van der Waals surface area (Å²) >= 11 is 0. The number of likely N-dealkylation sites (tertiary alicyclic amines) is 1. The highest BCUT2D eigenvalue weighted by Crippen LogP contribution is 2.36. The molecule has 1 heterocycles. The largest absolute Gasteiger partial charge is 0.454 e. The molecule has 0 aromatic rings. The van der Waals surface area contributed by atoms with E-state index in [-0.39, 0.29) is 0 Å². The molecule has 5 amide bonds. The van der Waals surface area contributed by atoms with Crippen LogP contribution in [0.15, 0.2) is 12.2 Å². The topological polar surface area (TPSA) is 122 Å². The number of ether oxygens (including phenoxy) is 1. The van der Waals surface area contributed by atoms with Crippen molar-refractivity contribution in [2.24, 2.45) is 11.8 Å². The third-order valence-electron chi connectivity index (χ3n) is 4.21. The molecule has 0 aromatic heterocycles. The second kappa shape index (κ2) is 7.91. The number of carbonyl (C=O) groups excluding carboxylic acids is 5. The molecule has 2 N–H and O–H groups in total. The van der Waals surface area contributed by atoms with Crippen molar-refractivity contribution in [3.8, 4) is 0 Å². The van der Waals surface area contributed by atoms with Crippen LogP contribution in [0.25, 0.3) is 0 Å². The lowest BCUT2D eigenvalue weighted by atomic mass is 9.85.